The third kappa shape index (κ3) is 4.82. The van der Waals surface area contributed by atoms with Crippen LogP contribution in [0.4, 0.5) is 0 Å². The molecule has 0 radical (unpaired) electrons. The Labute approximate surface area is 201 Å². The number of fused-ring (bicyclic) bond motifs is 3. The van der Waals surface area contributed by atoms with Crippen LogP contribution in [-0.2, 0) is 9.59 Å². The largest absolute Gasteiger partial charge is 0.484 e. The summed E-state index contributed by atoms with van der Waals surface area (Å²) in [7, 11) is 2.03. The topological polar surface area (TPSA) is 59.1 Å². The average Bonchev–Trinajstić information content (AvgIpc) is 3.24. The number of benzene rings is 2. The summed E-state index contributed by atoms with van der Waals surface area (Å²) < 4.78 is 12.3. The predicted octanol–water partition coefficient (Wildman–Crippen LogP) is 4.78. The van der Waals surface area contributed by atoms with Gasteiger partial charge in [-0.2, -0.15) is 0 Å². The lowest BCUT2D eigenvalue weighted by Crippen LogP contribution is -2.47. The van der Waals surface area contributed by atoms with Crippen LogP contribution < -0.4 is 9.47 Å². The maximum atomic E-state index is 12.6. The number of likely N-dealkylation sites (tertiary alicyclic amines) is 1. The van der Waals surface area contributed by atoms with Gasteiger partial charge in [-0.3, -0.25) is 19.4 Å². The molecular weight excluding hydrogens is 440 g/mol. The van der Waals surface area contributed by atoms with Crippen molar-refractivity contribution in [3.63, 3.8) is 0 Å². The summed E-state index contributed by atoms with van der Waals surface area (Å²) in [5.41, 5.74) is -0.0241. The lowest BCUT2D eigenvalue weighted by molar-refractivity contribution is -0.153. The highest BCUT2D eigenvalue weighted by molar-refractivity contribution is 5.98. The van der Waals surface area contributed by atoms with Crippen LogP contribution in [0, 0.1) is 5.41 Å². The normalized spacial score (nSPS) is 21.6. The minimum absolute atomic E-state index is 0. The van der Waals surface area contributed by atoms with Crippen LogP contribution in [0.2, 0.25) is 0 Å². The molecule has 2 aromatic carbocycles. The summed E-state index contributed by atoms with van der Waals surface area (Å²) in [5, 5.41) is 2.19. The Morgan fingerprint density at radius 1 is 1.03 bits per heavy atom. The maximum absolute atomic E-state index is 12.6. The second-order valence-corrected chi connectivity index (χ2v) is 9.68. The Hall–Kier alpha value is -2.31. The van der Waals surface area contributed by atoms with Gasteiger partial charge >= 0.3 is 0 Å². The van der Waals surface area contributed by atoms with Crippen molar-refractivity contribution < 1.29 is 19.1 Å². The molecule has 2 aromatic rings. The van der Waals surface area contributed by atoms with Crippen LogP contribution in [0.1, 0.15) is 51.4 Å². The summed E-state index contributed by atoms with van der Waals surface area (Å²) in [4.78, 5) is 28.9. The maximum Gasteiger partial charge on any atom is 0.229 e. The van der Waals surface area contributed by atoms with Gasteiger partial charge in [0.15, 0.2) is 17.7 Å². The zero-order valence-electron chi connectivity index (χ0n) is 19.3. The minimum Gasteiger partial charge on any atom is -0.484 e. The predicted molar refractivity (Wildman–Crippen MR) is 130 cm³/mol. The summed E-state index contributed by atoms with van der Waals surface area (Å²) >= 11 is 0. The van der Waals surface area contributed by atoms with Gasteiger partial charge in [0.05, 0.1) is 0 Å². The first-order valence-corrected chi connectivity index (χ1v) is 11.9. The van der Waals surface area contributed by atoms with E-state index in [4.69, 9.17) is 9.47 Å². The number of imide groups is 1. The van der Waals surface area contributed by atoms with E-state index in [-0.39, 0.29) is 35.9 Å². The molecule has 5 rings (SSSR count). The third-order valence-electron chi connectivity index (χ3n) is 7.43. The zero-order valence-corrected chi connectivity index (χ0v) is 20.1. The first-order chi connectivity index (χ1) is 15.5. The van der Waals surface area contributed by atoms with E-state index in [9.17, 15) is 9.59 Å². The Kier molecular flexibility index (Phi) is 7.15. The number of hydrogen-bond donors (Lipinski definition) is 0. The van der Waals surface area contributed by atoms with Gasteiger partial charge < -0.3 is 9.47 Å². The number of piperidine rings is 1. The quantitative estimate of drug-likeness (QED) is 0.447. The van der Waals surface area contributed by atoms with E-state index < -0.39 is 0 Å². The van der Waals surface area contributed by atoms with E-state index in [2.05, 4.69) is 23.1 Å². The van der Waals surface area contributed by atoms with E-state index in [1.165, 1.54) is 4.90 Å². The van der Waals surface area contributed by atoms with Gasteiger partial charge in [-0.1, -0.05) is 43.2 Å². The molecule has 2 fully saturated rings. The van der Waals surface area contributed by atoms with E-state index in [0.29, 0.717) is 26.0 Å². The monoisotopic (exact) mass is 472 g/mol. The van der Waals surface area contributed by atoms with Crippen LogP contribution in [-0.4, -0.2) is 54.6 Å². The molecule has 1 saturated carbocycles. The molecule has 2 heterocycles. The van der Waals surface area contributed by atoms with Crippen molar-refractivity contribution in [1.29, 1.82) is 0 Å². The summed E-state index contributed by atoms with van der Waals surface area (Å²) in [6.45, 7) is 1.82. The van der Waals surface area contributed by atoms with Gasteiger partial charge in [0.2, 0.25) is 11.8 Å². The highest BCUT2D eigenvalue weighted by atomic mass is 35.5. The standard InChI is InChI=1S/C26H32N2O4.ClH/c1-27(24-18-31-21-11-10-19-8-2-3-9-20(19)25(21)32-24)14-6-7-15-28-22(29)16-26(17-23(28)30)12-4-5-13-26;/h2-3,8-11,24H,4-7,12-18H2,1H3;1H. The first kappa shape index (κ1) is 23.8. The lowest BCUT2D eigenvalue weighted by atomic mass is 9.76. The van der Waals surface area contributed by atoms with E-state index in [0.717, 1.165) is 67.3 Å². The summed E-state index contributed by atoms with van der Waals surface area (Å²) in [6.07, 6.45) is 7.02. The highest BCUT2D eigenvalue weighted by Gasteiger charge is 2.44. The van der Waals surface area contributed by atoms with Crippen molar-refractivity contribution in [1.82, 2.24) is 9.80 Å². The Morgan fingerprint density at radius 3 is 2.52 bits per heavy atom. The van der Waals surface area contributed by atoms with Gasteiger partial charge in [-0.15, -0.1) is 12.4 Å². The molecule has 1 saturated heterocycles. The molecule has 2 amide bonds. The third-order valence-corrected chi connectivity index (χ3v) is 7.43. The van der Waals surface area contributed by atoms with Crippen LogP contribution in [0.3, 0.4) is 0 Å². The molecule has 1 aliphatic carbocycles. The van der Waals surface area contributed by atoms with Gasteiger partial charge in [0, 0.05) is 31.3 Å². The van der Waals surface area contributed by atoms with Crippen LogP contribution in [0.25, 0.3) is 10.8 Å². The van der Waals surface area contributed by atoms with Gasteiger partial charge in [0.1, 0.15) is 6.61 Å². The molecule has 3 aliphatic rings. The van der Waals surface area contributed by atoms with Crippen molar-refractivity contribution in [3.8, 4) is 11.5 Å². The fourth-order valence-electron chi connectivity index (χ4n) is 5.54. The fraction of sp³-hybridized carbons (Fsp3) is 0.538. The molecule has 0 aromatic heterocycles. The molecule has 2 aliphatic heterocycles. The number of likely N-dealkylation sites (N-methyl/N-ethyl adjacent to an activating group) is 1. The molecule has 1 spiro atoms. The number of ether oxygens (including phenoxy) is 2. The van der Waals surface area contributed by atoms with Gasteiger partial charge in [-0.05, 0) is 49.6 Å². The number of hydrogen-bond acceptors (Lipinski definition) is 5. The average molecular weight is 473 g/mol. The fourth-order valence-corrected chi connectivity index (χ4v) is 5.54. The van der Waals surface area contributed by atoms with E-state index in [1.807, 2.05) is 25.2 Å². The minimum atomic E-state index is -0.159. The molecule has 6 nitrogen and oxygen atoms in total. The van der Waals surface area contributed by atoms with Crippen molar-refractivity contribution in [3.05, 3.63) is 36.4 Å². The number of carbonyl (C=O) groups excluding carboxylic acids is 2. The van der Waals surface area contributed by atoms with Crippen LogP contribution >= 0.6 is 12.4 Å². The lowest BCUT2D eigenvalue weighted by Gasteiger charge is -2.37. The van der Waals surface area contributed by atoms with Gasteiger partial charge in [-0.25, -0.2) is 0 Å². The number of amides is 2. The van der Waals surface area contributed by atoms with Gasteiger partial charge in [0.25, 0.3) is 0 Å². The second kappa shape index (κ2) is 9.90. The number of unbranched alkanes of at least 4 members (excludes halogenated alkanes) is 1. The van der Waals surface area contributed by atoms with Crippen molar-refractivity contribution in [2.24, 2.45) is 5.41 Å². The van der Waals surface area contributed by atoms with E-state index in [1.54, 1.807) is 0 Å². The molecule has 1 unspecified atom stereocenters. The molecule has 0 N–H and O–H groups in total. The highest BCUT2D eigenvalue weighted by Crippen LogP contribution is 2.47. The Balaban J connectivity index is 0.00000259. The van der Waals surface area contributed by atoms with Crippen LogP contribution in [0.15, 0.2) is 36.4 Å². The zero-order chi connectivity index (χ0) is 22.1. The molecule has 1 atom stereocenters. The van der Waals surface area contributed by atoms with Crippen molar-refractivity contribution in [2.45, 2.75) is 57.6 Å². The molecule has 33 heavy (non-hydrogen) atoms. The van der Waals surface area contributed by atoms with Crippen molar-refractivity contribution >= 4 is 35.0 Å². The number of halogens is 1. The van der Waals surface area contributed by atoms with E-state index >= 15 is 0 Å². The molecular formula is C26H33ClN2O4. The second-order valence-electron chi connectivity index (χ2n) is 9.68. The number of carbonyl (C=O) groups is 2. The number of nitrogens with zero attached hydrogens (tertiary/aromatic N) is 2. The smallest absolute Gasteiger partial charge is 0.229 e. The van der Waals surface area contributed by atoms with Crippen molar-refractivity contribution in [2.75, 3.05) is 26.7 Å². The first-order valence-electron chi connectivity index (χ1n) is 11.9. The Bertz CT molecular complexity index is 1000. The Morgan fingerprint density at radius 2 is 1.76 bits per heavy atom. The van der Waals surface area contributed by atoms with Crippen LogP contribution in [0.5, 0.6) is 11.5 Å². The molecule has 0 bridgehead atoms. The summed E-state index contributed by atoms with van der Waals surface area (Å²) in [5.74, 6) is 1.65. The molecule has 178 valence electrons. The SMILES string of the molecule is CN(CCCCN1C(=O)CC2(CCCC2)CC1=O)C1COc2ccc3ccccc3c2O1.Cl. The summed E-state index contributed by atoms with van der Waals surface area (Å²) in [6, 6.07) is 12.2. The number of rotatable bonds is 6. The molecule has 7 heteroatoms.